The Bertz CT molecular complexity index is 404. The Morgan fingerprint density at radius 2 is 1.90 bits per heavy atom. The third kappa shape index (κ3) is 3.42. The first-order valence-electron chi connectivity index (χ1n) is 7.84. The summed E-state index contributed by atoms with van der Waals surface area (Å²) in [5.41, 5.74) is 3.19. The number of aryl methyl sites for hydroxylation is 1. The van der Waals surface area contributed by atoms with Gasteiger partial charge in [0.15, 0.2) is 0 Å². The number of ether oxygens (including phenoxy) is 1. The highest BCUT2D eigenvalue weighted by Gasteiger charge is 2.45. The molecule has 0 atom stereocenters. The van der Waals surface area contributed by atoms with Crippen LogP contribution >= 0.6 is 0 Å². The molecule has 2 heteroatoms. The van der Waals surface area contributed by atoms with Gasteiger partial charge in [-0.2, -0.15) is 0 Å². The van der Waals surface area contributed by atoms with Crippen LogP contribution in [0.25, 0.3) is 0 Å². The van der Waals surface area contributed by atoms with Gasteiger partial charge in [-0.3, -0.25) is 0 Å². The molecule has 1 saturated carbocycles. The summed E-state index contributed by atoms with van der Waals surface area (Å²) in [6.45, 7) is 9.66. The molecule has 0 spiro atoms. The lowest BCUT2D eigenvalue weighted by Gasteiger charge is -2.50. The van der Waals surface area contributed by atoms with Crippen molar-refractivity contribution in [2.24, 2.45) is 11.8 Å². The molecule has 0 saturated heterocycles. The SMILES string of the molecule is COCCNCC1(c2ccc(C)cc2)CC(C(C)C)C1. The zero-order chi connectivity index (χ0) is 14.6. The van der Waals surface area contributed by atoms with Crippen LogP contribution in [0.5, 0.6) is 0 Å². The number of methoxy groups -OCH3 is 1. The highest BCUT2D eigenvalue weighted by atomic mass is 16.5. The summed E-state index contributed by atoms with van der Waals surface area (Å²) in [7, 11) is 1.76. The zero-order valence-corrected chi connectivity index (χ0v) is 13.4. The molecule has 0 bridgehead atoms. The minimum absolute atomic E-state index is 0.344. The third-order valence-corrected chi connectivity index (χ3v) is 4.86. The van der Waals surface area contributed by atoms with Crippen molar-refractivity contribution in [1.82, 2.24) is 5.32 Å². The third-order valence-electron chi connectivity index (χ3n) is 4.86. The van der Waals surface area contributed by atoms with E-state index in [1.54, 1.807) is 7.11 Å². The van der Waals surface area contributed by atoms with E-state index in [1.807, 2.05) is 0 Å². The lowest BCUT2D eigenvalue weighted by atomic mass is 9.56. The molecular weight excluding hydrogens is 246 g/mol. The highest BCUT2D eigenvalue weighted by Crippen LogP contribution is 2.50. The van der Waals surface area contributed by atoms with Crippen molar-refractivity contribution < 1.29 is 4.74 Å². The van der Waals surface area contributed by atoms with Gasteiger partial charge in [0.25, 0.3) is 0 Å². The number of nitrogens with one attached hydrogen (secondary N) is 1. The Balaban J connectivity index is 2.03. The molecule has 112 valence electrons. The molecule has 0 aromatic heterocycles. The fraction of sp³-hybridized carbons (Fsp3) is 0.667. The average Bonchev–Trinajstić information content (AvgIpc) is 2.38. The molecule has 1 fully saturated rings. The van der Waals surface area contributed by atoms with E-state index in [4.69, 9.17) is 4.74 Å². The summed E-state index contributed by atoms with van der Waals surface area (Å²) < 4.78 is 5.13. The first-order chi connectivity index (χ1) is 9.57. The van der Waals surface area contributed by atoms with E-state index in [0.29, 0.717) is 5.41 Å². The fourth-order valence-corrected chi connectivity index (χ4v) is 3.31. The van der Waals surface area contributed by atoms with E-state index in [1.165, 1.54) is 24.0 Å². The smallest absolute Gasteiger partial charge is 0.0587 e. The van der Waals surface area contributed by atoms with E-state index < -0.39 is 0 Å². The molecule has 1 aliphatic rings. The first-order valence-corrected chi connectivity index (χ1v) is 7.84. The van der Waals surface area contributed by atoms with Crippen LogP contribution < -0.4 is 5.32 Å². The predicted molar refractivity (Wildman–Crippen MR) is 85.2 cm³/mol. The lowest BCUT2D eigenvalue weighted by Crippen LogP contribution is -2.50. The Kier molecular flexibility index (Phi) is 5.22. The van der Waals surface area contributed by atoms with Crippen molar-refractivity contribution in [3.05, 3.63) is 35.4 Å². The van der Waals surface area contributed by atoms with Crippen molar-refractivity contribution in [2.45, 2.75) is 39.0 Å². The standard InChI is InChI=1S/C18H29NO/c1-14(2)16-11-18(12-16,13-19-9-10-20-4)17-7-5-15(3)6-8-17/h5-8,14,16,19H,9-13H2,1-4H3. The second-order valence-electron chi connectivity index (χ2n) is 6.73. The van der Waals surface area contributed by atoms with Crippen LogP contribution in [-0.2, 0) is 10.2 Å². The van der Waals surface area contributed by atoms with E-state index in [2.05, 4.69) is 50.4 Å². The maximum Gasteiger partial charge on any atom is 0.0587 e. The van der Waals surface area contributed by atoms with Crippen LogP contribution in [0.15, 0.2) is 24.3 Å². The monoisotopic (exact) mass is 275 g/mol. The molecule has 0 aliphatic heterocycles. The Morgan fingerprint density at radius 3 is 2.45 bits per heavy atom. The molecule has 2 nitrogen and oxygen atoms in total. The number of hydrogen-bond donors (Lipinski definition) is 1. The molecule has 20 heavy (non-hydrogen) atoms. The predicted octanol–water partition coefficient (Wildman–Crippen LogP) is 3.53. The largest absolute Gasteiger partial charge is 0.383 e. The zero-order valence-electron chi connectivity index (χ0n) is 13.4. The van der Waals surface area contributed by atoms with Crippen LogP contribution in [0.2, 0.25) is 0 Å². The molecule has 1 aromatic carbocycles. The van der Waals surface area contributed by atoms with Gasteiger partial charge in [-0.1, -0.05) is 43.7 Å². The summed E-state index contributed by atoms with van der Waals surface area (Å²) in [6.07, 6.45) is 2.63. The van der Waals surface area contributed by atoms with Gasteiger partial charge < -0.3 is 10.1 Å². The minimum Gasteiger partial charge on any atom is -0.383 e. The maximum absolute atomic E-state index is 5.13. The maximum atomic E-state index is 5.13. The van der Waals surface area contributed by atoms with Gasteiger partial charge in [0.2, 0.25) is 0 Å². The van der Waals surface area contributed by atoms with E-state index >= 15 is 0 Å². The van der Waals surface area contributed by atoms with Gasteiger partial charge in [0.05, 0.1) is 6.61 Å². The molecule has 1 aromatic rings. The Hall–Kier alpha value is -0.860. The van der Waals surface area contributed by atoms with E-state index in [-0.39, 0.29) is 0 Å². The second-order valence-corrected chi connectivity index (χ2v) is 6.73. The van der Waals surface area contributed by atoms with Gasteiger partial charge in [-0.05, 0) is 37.2 Å². The van der Waals surface area contributed by atoms with Crippen LogP contribution in [0.4, 0.5) is 0 Å². The first kappa shape index (κ1) is 15.5. The summed E-state index contributed by atoms with van der Waals surface area (Å²) in [5.74, 6) is 1.67. The average molecular weight is 275 g/mol. The summed E-state index contributed by atoms with van der Waals surface area (Å²) >= 11 is 0. The number of rotatable bonds is 7. The molecule has 0 amide bonds. The second kappa shape index (κ2) is 6.73. The fourth-order valence-electron chi connectivity index (χ4n) is 3.31. The quantitative estimate of drug-likeness (QED) is 0.769. The normalized spacial score (nSPS) is 25.8. The molecular formula is C18H29NO. The number of hydrogen-bond acceptors (Lipinski definition) is 2. The minimum atomic E-state index is 0.344. The van der Waals surface area contributed by atoms with Crippen molar-refractivity contribution >= 4 is 0 Å². The molecule has 1 aliphatic carbocycles. The van der Waals surface area contributed by atoms with Gasteiger partial charge in [-0.15, -0.1) is 0 Å². The Morgan fingerprint density at radius 1 is 1.25 bits per heavy atom. The van der Waals surface area contributed by atoms with Crippen molar-refractivity contribution in [1.29, 1.82) is 0 Å². The summed E-state index contributed by atoms with van der Waals surface area (Å²) in [4.78, 5) is 0. The highest BCUT2D eigenvalue weighted by molar-refractivity contribution is 5.32. The van der Waals surface area contributed by atoms with Gasteiger partial charge >= 0.3 is 0 Å². The summed E-state index contributed by atoms with van der Waals surface area (Å²) in [5, 5.41) is 3.58. The molecule has 2 rings (SSSR count). The van der Waals surface area contributed by atoms with Crippen molar-refractivity contribution in [3.8, 4) is 0 Å². The molecule has 0 radical (unpaired) electrons. The Labute approximate surface area is 123 Å². The van der Waals surface area contributed by atoms with Crippen LogP contribution in [-0.4, -0.2) is 26.8 Å². The summed E-state index contributed by atoms with van der Waals surface area (Å²) in [6, 6.07) is 9.14. The van der Waals surface area contributed by atoms with Gasteiger partial charge in [0.1, 0.15) is 0 Å². The lowest BCUT2D eigenvalue weighted by molar-refractivity contribution is 0.0949. The van der Waals surface area contributed by atoms with Crippen LogP contribution in [0.3, 0.4) is 0 Å². The topological polar surface area (TPSA) is 21.3 Å². The van der Waals surface area contributed by atoms with Crippen LogP contribution in [0, 0.1) is 18.8 Å². The molecule has 1 N–H and O–H groups in total. The van der Waals surface area contributed by atoms with Crippen molar-refractivity contribution in [2.75, 3.05) is 26.8 Å². The van der Waals surface area contributed by atoms with E-state index in [0.717, 1.165) is 31.5 Å². The van der Waals surface area contributed by atoms with Crippen molar-refractivity contribution in [3.63, 3.8) is 0 Å². The van der Waals surface area contributed by atoms with Gasteiger partial charge in [0, 0.05) is 25.6 Å². The number of benzene rings is 1. The van der Waals surface area contributed by atoms with Gasteiger partial charge in [-0.25, -0.2) is 0 Å². The molecule has 0 unspecified atom stereocenters. The van der Waals surface area contributed by atoms with E-state index in [9.17, 15) is 0 Å². The van der Waals surface area contributed by atoms with Crippen LogP contribution in [0.1, 0.15) is 37.8 Å². The molecule has 0 heterocycles.